The Morgan fingerprint density at radius 3 is 2.88 bits per heavy atom. The van der Waals surface area contributed by atoms with Gasteiger partial charge in [0.2, 0.25) is 0 Å². The van der Waals surface area contributed by atoms with Gasteiger partial charge in [0.25, 0.3) is 0 Å². The lowest BCUT2D eigenvalue weighted by molar-refractivity contribution is 0.145. The van der Waals surface area contributed by atoms with Crippen LogP contribution in [0.2, 0.25) is 0 Å². The highest BCUT2D eigenvalue weighted by Gasteiger charge is 2.31. The van der Waals surface area contributed by atoms with Crippen molar-refractivity contribution in [2.45, 2.75) is 13.0 Å². The molecule has 1 heterocycles. The first-order valence-electron chi connectivity index (χ1n) is 5.26. The van der Waals surface area contributed by atoms with E-state index >= 15 is 0 Å². The van der Waals surface area contributed by atoms with Crippen LogP contribution in [0.5, 0.6) is 0 Å². The number of azide groups is 1. The van der Waals surface area contributed by atoms with E-state index in [2.05, 4.69) is 10.0 Å². The van der Waals surface area contributed by atoms with Gasteiger partial charge in [-0.3, -0.25) is 4.90 Å². The second kappa shape index (κ2) is 4.76. The van der Waals surface area contributed by atoms with Gasteiger partial charge in [0, 0.05) is 10.6 Å². The number of nitrogens with zero attached hydrogens (tertiary/aromatic N) is 4. The van der Waals surface area contributed by atoms with Crippen LogP contribution in [0.3, 0.4) is 0 Å². The number of carbonyl (C=O) groups excluding carboxylic acids is 1. The fraction of sp³-hybridized carbons (Fsp3) is 0.364. The van der Waals surface area contributed by atoms with Gasteiger partial charge >= 0.3 is 6.09 Å². The molecule has 0 bridgehead atoms. The Morgan fingerprint density at radius 2 is 2.24 bits per heavy atom. The topological polar surface area (TPSA) is 78.3 Å². The molecule has 6 heteroatoms. The van der Waals surface area contributed by atoms with Crippen molar-refractivity contribution >= 4 is 11.8 Å². The number of ether oxygens (including phenoxy) is 1. The Labute approximate surface area is 98.4 Å². The summed E-state index contributed by atoms with van der Waals surface area (Å²) in [6.45, 7) is 2.57. The van der Waals surface area contributed by atoms with E-state index in [9.17, 15) is 4.79 Å². The number of amides is 1. The molecule has 1 atom stereocenters. The maximum absolute atomic E-state index is 11.6. The summed E-state index contributed by atoms with van der Waals surface area (Å²) in [4.78, 5) is 15.8. The van der Waals surface area contributed by atoms with E-state index in [1.807, 2.05) is 31.2 Å². The van der Waals surface area contributed by atoms with Crippen molar-refractivity contribution < 1.29 is 9.53 Å². The molecule has 1 saturated heterocycles. The molecule has 1 aliphatic heterocycles. The van der Waals surface area contributed by atoms with Crippen molar-refractivity contribution in [1.29, 1.82) is 0 Å². The van der Waals surface area contributed by atoms with Gasteiger partial charge in [-0.25, -0.2) is 4.79 Å². The fourth-order valence-electron chi connectivity index (χ4n) is 1.68. The number of aryl methyl sites for hydroxylation is 1. The van der Waals surface area contributed by atoms with E-state index < -0.39 is 6.09 Å². The van der Waals surface area contributed by atoms with Crippen molar-refractivity contribution in [3.05, 3.63) is 40.3 Å². The van der Waals surface area contributed by atoms with Crippen LogP contribution >= 0.6 is 0 Å². The van der Waals surface area contributed by atoms with Crippen LogP contribution in [0, 0.1) is 6.92 Å². The molecule has 1 fully saturated rings. The normalized spacial score (nSPS) is 18.8. The van der Waals surface area contributed by atoms with Crippen LogP contribution in [0.25, 0.3) is 10.4 Å². The third kappa shape index (κ3) is 2.49. The smallest absolute Gasteiger partial charge is 0.414 e. The quantitative estimate of drug-likeness (QED) is 0.456. The van der Waals surface area contributed by atoms with E-state index in [4.69, 9.17) is 10.3 Å². The van der Waals surface area contributed by atoms with Crippen LogP contribution in [0.4, 0.5) is 10.5 Å². The van der Waals surface area contributed by atoms with E-state index in [0.717, 1.165) is 11.3 Å². The van der Waals surface area contributed by atoms with Gasteiger partial charge in [-0.15, -0.1) is 0 Å². The van der Waals surface area contributed by atoms with Gasteiger partial charge in [-0.05, 0) is 24.6 Å². The number of hydrogen-bond donors (Lipinski definition) is 0. The molecule has 0 spiro atoms. The summed E-state index contributed by atoms with van der Waals surface area (Å²) in [5.41, 5.74) is 10.1. The number of hydrogen-bond acceptors (Lipinski definition) is 3. The van der Waals surface area contributed by atoms with Crippen molar-refractivity contribution in [3.63, 3.8) is 0 Å². The Balaban J connectivity index is 2.10. The van der Waals surface area contributed by atoms with Crippen molar-refractivity contribution in [1.82, 2.24) is 0 Å². The van der Waals surface area contributed by atoms with Crippen LogP contribution in [-0.4, -0.2) is 25.3 Å². The molecule has 6 nitrogen and oxygen atoms in total. The van der Waals surface area contributed by atoms with Crippen LogP contribution in [0.15, 0.2) is 29.4 Å². The molecule has 1 amide bonds. The minimum absolute atomic E-state index is 0.171. The molecule has 1 aromatic rings. The molecule has 0 saturated carbocycles. The second-order valence-electron chi connectivity index (χ2n) is 3.87. The van der Waals surface area contributed by atoms with Gasteiger partial charge in [0.1, 0.15) is 6.10 Å². The highest BCUT2D eigenvalue weighted by Crippen LogP contribution is 2.21. The van der Waals surface area contributed by atoms with Crippen LogP contribution in [0.1, 0.15) is 5.56 Å². The number of anilines is 1. The number of carbonyl (C=O) groups is 1. The summed E-state index contributed by atoms with van der Waals surface area (Å²) in [5, 5.41) is 3.41. The standard InChI is InChI=1S/C11H12N4O2/c1-8-2-4-9(5-3-8)15-7-10(6-13-14-12)17-11(15)16/h2-5,10H,6-7H2,1H3. The van der Waals surface area contributed by atoms with Crippen LogP contribution < -0.4 is 4.90 Å². The molecule has 0 aliphatic carbocycles. The minimum atomic E-state index is -0.396. The Hall–Kier alpha value is -2.20. The molecule has 1 aromatic carbocycles. The molecule has 0 radical (unpaired) electrons. The summed E-state index contributed by atoms with van der Waals surface area (Å²) in [6, 6.07) is 7.60. The maximum Gasteiger partial charge on any atom is 0.414 e. The average Bonchev–Trinajstić information content (AvgIpc) is 2.69. The maximum atomic E-state index is 11.6. The lowest BCUT2D eigenvalue weighted by Gasteiger charge is -2.12. The van der Waals surface area contributed by atoms with Crippen LogP contribution in [-0.2, 0) is 4.74 Å². The molecule has 88 valence electrons. The first-order valence-corrected chi connectivity index (χ1v) is 5.26. The minimum Gasteiger partial charge on any atom is -0.444 e. The summed E-state index contributed by atoms with van der Waals surface area (Å²) in [7, 11) is 0. The monoisotopic (exact) mass is 232 g/mol. The zero-order valence-corrected chi connectivity index (χ0v) is 9.41. The summed E-state index contributed by atoms with van der Waals surface area (Å²) in [6.07, 6.45) is -0.758. The number of benzene rings is 1. The van der Waals surface area contributed by atoms with Gasteiger partial charge in [0.05, 0.1) is 13.1 Å². The van der Waals surface area contributed by atoms with Crippen molar-refractivity contribution in [3.8, 4) is 0 Å². The Bertz CT molecular complexity index is 465. The molecule has 1 aliphatic rings. The van der Waals surface area contributed by atoms with Gasteiger partial charge < -0.3 is 4.74 Å². The van der Waals surface area contributed by atoms with E-state index in [1.54, 1.807) is 0 Å². The van der Waals surface area contributed by atoms with E-state index in [0.29, 0.717) is 6.54 Å². The number of cyclic esters (lactones) is 1. The van der Waals surface area contributed by atoms with Crippen molar-refractivity contribution in [2.24, 2.45) is 5.11 Å². The Morgan fingerprint density at radius 1 is 1.53 bits per heavy atom. The molecular weight excluding hydrogens is 220 g/mol. The predicted octanol–water partition coefficient (Wildman–Crippen LogP) is 2.63. The largest absolute Gasteiger partial charge is 0.444 e. The first kappa shape index (κ1) is 11.3. The lowest BCUT2D eigenvalue weighted by Crippen LogP contribution is -2.24. The molecular formula is C11H12N4O2. The van der Waals surface area contributed by atoms with E-state index in [-0.39, 0.29) is 12.6 Å². The Kier molecular flexibility index (Phi) is 3.16. The molecule has 0 N–H and O–H groups in total. The summed E-state index contributed by atoms with van der Waals surface area (Å²) in [5.74, 6) is 0. The van der Waals surface area contributed by atoms with E-state index in [1.165, 1.54) is 4.90 Å². The molecule has 0 aromatic heterocycles. The highest BCUT2D eigenvalue weighted by molar-refractivity contribution is 5.89. The molecule has 17 heavy (non-hydrogen) atoms. The fourth-order valence-corrected chi connectivity index (χ4v) is 1.68. The third-order valence-electron chi connectivity index (χ3n) is 2.57. The zero-order valence-electron chi connectivity index (χ0n) is 9.41. The lowest BCUT2D eigenvalue weighted by atomic mass is 10.2. The van der Waals surface area contributed by atoms with Gasteiger partial charge in [0.15, 0.2) is 0 Å². The van der Waals surface area contributed by atoms with Gasteiger partial charge in [-0.2, -0.15) is 0 Å². The summed E-state index contributed by atoms with van der Waals surface area (Å²) < 4.78 is 5.08. The van der Waals surface area contributed by atoms with Crippen molar-refractivity contribution in [2.75, 3.05) is 18.0 Å². The molecule has 2 rings (SSSR count). The second-order valence-corrected chi connectivity index (χ2v) is 3.87. The average molecular weight is 232 g/mol. The third-order valence-corrected chi connectivity index (χ3v) is 2.57. The SMILES string of the molecule is Cc1ccc(N2CC(CN=[N+]=[N-])OC2=O)cc1. The summed E-state index contributed by atoms with van der Waals surface area (Å²) >= 11 is 0. The highest BCUT2D eigenvalue weighted by atomic mass is 16.6. The number of rotatable bonds is 3. The zero-order chi connectivity index (χ0) is 12.3. The van der Waals surface area contributed by atoms with Gasteiger partial charge in [-0.1, -0.05) is 22.8 Å². The first-order chi connectivity index (χ1) is 8.20. The molecule has 1 unspecified atom stereocenters. The predicted molar refractivity (Wildman–Crippen MR) is 62.8 cm³/mol.